The number of ketones is 1. The summed E-state index contributed by atoms with van der Waals surface area (Å²) in [6.07, 6.45) is -4.75. The zero-order chi connectivity index (χ0) is 19.8. The number of benzene rings is 2. The average molecular weight is 368 g/mol. The number of phenols is 1. The molecule has 0 saturated carbocycles. The zero-order valence-electron chi connectivity index (χ0n) is 14.9. The number of rotatable bonds is 4. The Bertz CT molecular complexity index is 807. The number of hydrogen-bond acceptors (Lipinski definition) is 2. The summed E-state index contributed by atoms with van der Waals surface area (Å²) in [7, 11) is 0. The predicted octanol–water partition coefficient (Wildman–Crippen LogP) is 6.03. The van der Waals surface area contributed by atoms with Crippen molar-refractivity contribution >= 4 is 5.78 Å². The van der Waals surface area contributed by atoms with Crippen LogP contribution in [0.15, 0.2) is 30.3 Å². The Hall–Kier alpha value is -2.37. The molecule has 0 aliphatic rings. The van der Waals surface area contributed by atoms with Crippen LogP contribution < -0.4 is 0 Å². The molecule has 6 heteroatoms. The zero-order valence-corrected chi connectivity index (χ0v) is 14.9. The second kappa shape index (κ2) is 7.09. The van der Waals surface area contributed by atoms with E-state index >= 15 is 0 Å². The highest BCUT2D eigenvalue weighted by Crippen LogP contribution is 2.36. The molecule has 2 rings (SSSR count). The minimum Gasteiger partial charge on any atom is -0.507 e. The molecule has 26 heavy (non-hydrogen) atoms. The Labute approximate surface area is 149 Å². The lowest BCUT2D eigenvalue weighted by atomic mass is 9.89. The van der Waals surface area contributed by atoms with Gasteiger partial charge in [-0.2, -0.15) is 13.2 Å². The van der Waals surface area contributed by atoms with E-state index in [1.165, 1.54) is 12.1 Å². The standard InChI is InChI=1S/C20H20F4O2/c1-10(2)16-7-13(8-17(11(3)4)19(16)26)18(25)12-5-14(20(22,23)24)9-15(21)6-12/h5-11,26H,1-4H3. The number of alkyl halides is 3. The molecular formula is C20H20F4O2. The van der Waals surface area contributed by atoms with Crippen molar-refractivity contribution in [3.8, 4) is 5.75 Å². The van der Waals surface area contributed by atoms with Crippen LogP contribution in [-0.2, 0) is 6.18 Å². The maximum atomic E-state index is 13.6. The van der Waals surface area contributed by atoms with E-state index < -0.39 is 23.3 Å². The van der Waals surface area contributed by atoms with Crippen molar-refractivity contribution < 1.29 is 27.5 Å². The van der Waals surface area contributed by atoms with Gasteiger partial charge >= 0.3 is 6.18 Å². The molecule has 2 aromatic rings. The first kappa shape index (κ1) is 19.9. The molecule has 0 heterocycles. The smallest absolute Gasteiger partial charge is 0.416 e. The van der Waals surface area contributed by atoms with Crippen LogP contribution in [-0.4, -0.2) is 10.9 Å². The summed E-state index contributed by atoms with van der Waals surface area (Å²) < 4.78 is 52.3. The summed E-state index contributed by atoms with van der Waals surface area (Å²) in [4.78, 5) is 12.7. The predicted molar refractivity (Wildman–Crippen MR) is 91.1 cm³/mol. The molecule has 2 aromatic carbocycles. The van der Waals surface area contributed by atoms with Gasteiger partial charge in [0.25, 0.3) is 0 Å². The first-order valence-corrected chi connectivity index (χ1v) is 8.21. The second-order valence-corrected chi connectivity index (χ2v) is 6.87. The van der Waals surface area contributed by atoms with Crippen LogP contribution in [0.25, 0.3) is 0 Å². The van der Waals surface area contributed by atoms with Crippen molar-refractivity contribution in [2.24, 2.45) is 0 Å². The first-order chi connectivity index (χ1) is 11.9. The molecule has 2 nitrogen and oxygen atoms in total. The topological polar surface area (TPSA) is 37.3 Å². The molecule has 0 radical (unpaired) electrons. The summed E-state index contributed by atoms with van der Waals surface area (Å²) in [5.74, 6) is -1.98. The number of aromatic hydroxyl groups is 1. The number of phenolic OH excluding ortho intramolecular Hbond substituents is 1. The van der Waals surface area contributed by atoms with Gasteiger partial charge in [-0.05, 0) is 53.3 Å². The third kappa shape index (κ3) is 4.06. The van der Waals surface area contributed by atoms with Crippen LogP contribution in [0, 0.1) is 5.82 Å². The van der Waals surface area contributed by atoms with Gasteiger partial charge in [0, 0.05) is 11.1 Å². The minimum atomic E-state index is -4.75. The van der Waals surface area contributed by atoms with Gasteiger partial charge in [0.15, 0.2) is 5.78 Å². The molecule has 0 atom stereocenters. The molecular weight excluding hydrogens is 348 g/mol. The molecule has 0 unspecified atom stereocenters. The fourth-order valence-electron chi connectivity index (χ4n) is 2.74. The van der Waals surface area contributed by atoms with Gasteiger partial charge in [-0.25, -0.2) is 4.39 Å². The van der Waals surface area contributed by atoms with E-state index in [0.29, 0.717) is 23.3 Å². The van der Waals surface area contributed by atoms with Crippen LogP contribution >= 0.6 is 0 Å². The van der Waals surface area contributed by atoms with Crippen molar-refractivity contribution in [2.75, 3.05) is 0 Å². The minimum absolute atomic E-state index is 0.0711. The summed E-state index contributed by atoms with van der Waals surface area (Å²) in [5, 5.41) is 10.4. The quantitative estimate of drug-likeness (QED) is 0.529. The maximum Gasteiger partial charge on any atom is 0.416 e. The number of carbonyl (C=O) groups excluding carboxylic acids is 1. The molecule has 0 aromatic heterocycles. The Balaban J connectivity index is 2.62. The van der Waals surface area contributed by atoms with Gasteiger partial charge in [0.2, 0.25) is 0 Å². The third-order valence-electron chi connectivity index (χ3n) is 4.16. The molecule has 140 valence electrons. The van der Waals surface area contributed by atoms with E-state index in [-0.39, 0.29) is 28.7 Å². The van der Waals surface area contributed by atoms with E-state index in [1.807, 2.05) is 27.7 Å². The van der Waals surface area contributed by atoms with Crippen molar-refractivity contribution in [3.63, 3.8) is 0 Å². The Kier molecular flexibility index (Phi) is 5.44. The van der Waals surface area contributed by atoms with Gasteiger partial charge in [-0.1, -0.05) is 27.7 Å². The molecule has 1 N–H and O–H groups in total. The van der Waals surface area contributed by atoms with Gasteiger partial charge in [-0.3, -0.25) is 4.79 Å². The first-order valence-electron chi connectivity index (χ1n) is 8.21. The summed E-state index contributed by atoms with van der Waals surface area (Å²) >= 11 is 0. The van der Waals surface area contributed by atoms with Crippen LogP contribution in [0.3, 0.4) is 0 Å². The highest BCUT2D eigenvalue weighted by atomic mass is 19.4. The molecule has 0 aliphatic heterocycles. The van der Waals surface area contributed by atoms with Gasteiger partial charge in [0.1, 0.15) is 11.6 Å². The van der Waals surface area contributed by atoms with Gasteiger partial charge < -0.3 is 5.11 Å². The second-order valence-electron chi connectivity index (χ2n) is 6.87. The largest absolute Gasteiger partial charge is 0.507 e. The van der Waals surface area contributed by atoms with Crippen LogP contribution in [0.5, 0.6) is 5.75 Å². The Morgan fingerprint density at radius 1 is 0.885 bits per heavy atom. The molecule has 0 saturated heterocycles. The van der Waals surface area contributed by atoms with Crippen LogP contribution in [0.2, 0.25) is 0 Å². The fourth-order valence-corrected chi connectivity index (χ4v) is 2.74. The normalized spacial score (nSPS) is 12.1. The molecule has 0 spiro atoms. The summed E-state index contributed by atoms with van der Waals surface area (Å²) in [5.41, 5.74) is -0.437. The van der Waals surface area contributed by atoms with Crippen molar-refractivity contribution in [2.45, 2.75) is 45.7 Å². The summed E-state index contributed by atoms with van der Waals surface area (Å²) in [6.45, 7) is 7.32. The Morgan fingerprint density at radius 3 is 1.77 bits per heavy atom. The van der Waals surface area contributed by atoms with Crippen molar-refractivity contribution in [1.29, 1.82) is 0 Å². The Morgan fingerprint density at radius 2 is 1.35 bits per heavy atom. The van der Waals surface area contributed by atoms with Gasteiger partial charge in [-0.15, -0.1) is 0 Å². The molecule has 0 bridgehead atoms. The lowest BCUT2D eigenvalue weighted by molar-refractivity contribution is -0.137. The fraction of sp³-hybridized carbons (Fsp3) is 0.350. The van der Waals surface area contributed by atoms with Crippen LogP contribution in [0.1, 0.15) is 72.1 Å². The summed E-state index contributed by atoms with van der Waals surface area (Å²) in [6, 6.07) is 4.68. The monoisotopic (exact) mass is 368 g/mol. The number of halogens is 4. The van der Waals surface area contributed by atoms with E-state index in [2.05, 4.69) is 0 Å². The molecule has 0 aliphatic carbocycles. The van der Waals surface area contributed by atoms with E-state index in [0.717, 1.165) is 6.07 Å². The molecule has 0 fully saturated rings. The molecule has 0 amide bonds. The third-order valence-corrected chi connectivity index (χ3v) is 4.16. The maximum absolute atomic E-state index is 13.6. The number of hydrogen-bond donors (Lipinski definition) is 1. The highest BCUT2D eigenvalue weighted by molar-refractivity contribution is 6.09. The highest BCUT2D eigenvalue weighted by Gasteiger charge is 2.32. The lowest BCUT2D eigenvalue weighted by Crippen LogP contribution is -2.10. The van der Waals surface area contributed by atoms with Gasteiger partial charge in [0.05, 0.1) is 5.56 Å². The number of carbonyl (C=O) groups is 1. The van der Waals surface area contributed by atoms with E-state index in [9.17, 15) is 27.5 Å². The lowest BCUT2D eigenvalue weighted by Gasteiger charge is -2.17. The SMILES string of the molecule is CC(C)c1cc(C(=O)c2cc(F)cc(C(F)(F)F)c2)cc(C(C)C)c1O. The van der Waals surface area contributed by atoms with Crippen molar-refractivity contribution in [1.82, 2.24) is 0 Å². The van der Waals surface area contributed by atoms with E-state index in [1.54, 1.807) is 0 Å². The average Bonchev–Trinajstić information content (AvgIpc) is 2.52. The van der Waals surface area contributed by atoms with E-state index in [4.69, 9.17) is 0 Å². The van der Waals surface area contributed by atoms with Crippen LogP contribution in [0.4, 0.5) is 17.6 Å². The van der Waals surface area contributed by atoms with Crippen molar-refractivity contribution in [3.05, 3.63) is 64.0 Å².